The second-order valence-corrected chi connectivity index (χ2v) is 2.15. The van der Waals surface area contributed by atoms with Crippen molar-refractivity contribution in [3.63, 3.8) is 0 Å². The van der Waals surface area contributed by atoms with Gasteiger partial charge < -0.3 is 9.30 Å². The highest BCUT2D eigenvalue weighted by molar-refractivity contribution is 5.89. The zero-order valence-corrected chi connectivity index (χ0v) is 6.66. The molecule has 0 aliphatic rings. The third-order valence-corrected chi connectivity index (χ3v) is 1.34. The maximum Gasteiger partial charge on any atom is 0.232 e. The lowest BCUT2D eigenvalue weighted by Crippen LogP contribution is -2.08. The zero-order valence-electron chi connectivity index (χ0n) is 6.66. The molecule has 4 heteroatoms. The summed E-state index contributed by atoms with van der Waals surface area (Å²) in [6.07, 6.45) is 3.25. The van der Waals surface area contributed by atoms with Crippen LogP contribution in [0.5, 0.6) is 0 Å². The van der Waals surface area contributed by atoms with Gasteiger partial charge in [-0.15, -0.1) is 0 Å². The van der Waals surface area contributed by atoms with Gasteiger partial charge in [-0.1, -0.05) is 0 Å². The number of aryl methyl sites for hydroxylation is 1. The first-order valence-corrected chi connectivity index (χ1v) is 3.43. The third kappa shape index (κ3) is 1.58. The van der Waals surface area contributed by atoms with Crippen LogP contribution in [0.1, 0.15) is 12.6 Å². The smallest absolute Gasteiger partial charge is 0.232 e. The van der Waals surface area contributed by atoms with E-state index >= 15 is 0 Å². The average Bonchev–Trinajstić information content (AvgIpc) is 2.36. The Morgan fingerprint density at radius 2 is 2.55 bits per heavy atom. The Balaban J connectivity index is 2.76. The molecule has 0 saturated heterocycles. The molecule has 0 amide bonds. The van der Waals surface area contributed by atoms with Crippen LogP contribution in [0.2, 0.25) is 0 Å². The first-order valence-electron chi connectivity index (χ1n) is 3.43. The molecule has 0 fully saturated rings. The van der Waals surface area contributed by atoms with Crippen molar-refractivity contribution in [2.45, 2.75) is 6.92 Å². The summed E-state index contributed by atoms with van der Waals surface area (Å²) in [4.78, 5) is 3.87. The quantitative estimate of drug-likeness (QED) is 0.504. The second-order valence-electron chi connectivity index (χ2n) is 2.15. The lowest BCUT2D eigenvalue weighted by Gasteiger charge is -2.03. The molecule has 0 radical (unpaired) electrons. The maximum absolute atomic E-state index is 7.40. The normalized spacial score (nSPS) is 9.64. The summed E-state index contributed by atoms with van der Waals surface area (Å²) in [5.74, 6) is 0.174. The van der Waals surface area contributed by atoms with E-state index in [1.165, 1.54) is 0 Å². The van der Waals surface area contributed by atoms with Gasteiger partial charge in [-0.2, -0.15) is 0 Å². The molecule has 60 valence electrons. The molecule has 4 nitrogen and oxygen atoms in total. The van der Waals surface area contributed by atoms with Gasteiger partial charge >= 0.3 is 0 Å². The minimum absolute atomic E-state index is 0.174. The van der Waals surface area contributed by atoms with E-state index < -0.39 is 0 Å². The lowest BCUT2D eigenvalue weighted by atomic mass is 10.5. The van der Waals surface area contributed by atoms with Crippen molar-refractivity contribution < 1.29 is 4.74 Å². The number of nitrogens with one attached hydrogen (secondary N) is 1. The van der Waals surface area contributed by atoms with E-state index in [-0.39, 0.29) is 5.90 Å². The summed E-state index contributed by atoms with van der Waals surface area (Å²) in [5, 5.41) is 7.40. The van der Waals surface area contributed by atoms with Crippen molar-refractivity contribution in [1.82, 2.24) is 9.55 Å². The van der Waals surface area contributed by atoms with Crippen molar-refractivity contribution in [2.75, 3.05) is 6.61 Å². The monoisotopic (exact) mass is 153 g/mol. The van der Waals surface area contributed by atoms with Crippen molar-refractivity contribution in [1.29, 1.82) is 5.41 Å². The minimum atomic E-state index is 0.174. The van der Waals surface area contributed by atoms with Crippen molar-refractivity contribution in [3.05, 3.63) is 18.2 Å². The number of ether oxygens (including phenoxy) is 1. The number of hydrogen-bond acceptors (Lipinski definition) is 3. The number of aromatic nitrogens is 2. The van der Waals surface area contributed by atoms with Crippen LogP contribution in [0.25, 0.3) is 0 Å². The average molecular weight is 153 g/mol. The molecule has 0 atom stereocenters. The van der Waals surface area contributed by atoms with Crippen LogP contribution >= 0.6 is 0 Å². The number of nitrogens with zero attached hydrogens (tertiary/aromatic N) is 2. The molecule has 0 aliphatic carbocycles. The predicted octanol–water partition coefficient (Wildman–Crippen LogP) is 0.782. The molecular formula is C7H11N3O. The topological polar surface area (TPSA) is 50.9 Å². The molecule has 0 aliphatic heterocycles. The third-order valence-electron chi connectivity index (χ3n) is 1.34. The second kappa shape index (κ2) is 3.18. The SMILES string of the molecule is CCOC(=N)c1cncn1C. The van der Waals surface area contributed by atoms with Crippen LogP contribution in [0.15, 0.2) is 12.5 Å². The van der Waals surface area contributed by atoms with Gasteiger partial charge in [0.1, 0.15) is 5.69 Å². The van der Waals surface area contributed by atoms with Gasteiger partial charge in [0.15, 0.2) is 0 Å². The summed E-state index contributed by atoms with van der Waals surface area (Å²) >= 11 is 0. The predicted molar refractivity (Wildman–Crippen MR) is 41.7 cm³/mol. The van der Waals surface area contributed by atoms with Crippen LogP contribution in [-0.4, -0.2) is 22.1 Å². The lowest BCUT2D eigenvalue weighted by molar-refractivity contribution is 0.323. The summed E-state index contributed by atoms with van der Waals surface area (Å²) in [6.45, 7) is 2.37. The fourth-order valence-corrected chi connectivity index (χ4v) is 0.794. The number of hydrogen-bond donors (Lipinski definition) is 1. The van der Waals surface area contributed by atoms with Crippen LogP contribution in [0.3, 0.4) is 0 Å². The van der Waals surface area contributed by atoms with Crippen molar-refractivity contribution in [2.24, 2.45) is 7.05 Å². The summed E-state index contributed by atoms with van der Waals surface area (Å²) < 4.78 is 6.74. The van der Waals surface area contributed by atoms with E-state index in [1.807, 2.05) is 14.0 Å². The molecule has 1 rings (SSSR count). The molecule has 0 saturated carbocycles. The fourth-order valence-electron chi connectivity index (χ4n) is 0.794. The fraction of sp³-hybridized carbons (Fsp3) is 0.429. The van der Waals surface area contributed by atoms with Gasteiger partial charge in [0.05, 0.1) is 19.1 Å². The minimum Gasteiger partial charge on any atom is -0.477 e. The highest BCUT2D eigenvalue weighted by atomic mass is 16.5. The summed E-state index contributed by atoms with van der Waals surface area (Å²) in [7, 11) is 1.83. The van der Waals surface area contributed by atoms with Crippen molar-refractivity contribution in [3.8, 4) is 0 Å². The Labute approximate surface area is 65.3 Å². The van der Waals surface area contributed by atoms with E-state index in [1.54, 1.807) is 17.1 Å². The van der Waals surface area contributed by atoms with Gasteiger partial charge in [-0.05, 0) is 6.92 Å². The van der Waals surface area contributed by atoms with Gasteiger partial charge in [-0.25, -0.2) is 4.98 Å². The molecule has 1 aromatic heterocycles. The number of rotatable bonds is 2. The molecule has 11 heavy (non-hydrogen) atoms. The van der Waals surface area contributed by atoms with E-state index in [0.717, 1.165) is 0 Å². The molecule has 1 heterocycles. The van der Waals surface area contributed by atoms with E-state index in [2.05, 4.69) is 4.98 Å². The van der Waals surface area contributed by atoms with Crippen LogP contribution in [0.4, 0.5) is 0 Å². The van der Waals surface area contributed by atoms with Gasteiger partial charge in [0, 0.05) is 7.05 Å². The summed E-state index contributed by atoms with van der Waals surface area (Å²) in [5.41, 5.74) is 0.701. The van der Waals surface area contributed by atoms with Gasteiger partial charge in [0.2, 0.25) is 5.90 Å². The van der Waals surface area contributed by atoms with Crippen LogP contribution < -0.4 is 0 Å². The molecule has 1 aromatic rings. The van der Waals surface area contributed by atoms with E-state index in [4.69, 9.17) is 10.1 Å². The Bertz CT molecular complexity index is 254. The molecule has 0 unspecified atom stereocenters. The number of imidazole rings is 1. The molecule has 1 N–H and O–H groups in total. The van der Waals surface area contributed by atoms with Gasteiger partial charge in [-0.3, -0.25) is 5.41 Å². The highest BCUT2D eigenvalue weighted by Crippen LogP contribution is 1.98. The van der Waals surface area contributed by atoms with E-state index in [0.29, 0.717) is 12.3 Å². The molecule has 0 aromatic carbocycles. The first-order chi connectivity index (χ1) is 5.25. The standard InChI is InChI=1S/C7H11N3O/c1-3-11-7(8)6-4-9-5-10(6)2/h4-5,8H,3H2,1-2H3. The Hall–Kier alpha value is -1.32. The molecular weight excluding hydrogens is 142 g/mol. The van der Waals surface area contributed by atoms with Crippen molar-refractivity contribution >= 4 is 5.90 Å². The largest absolute Gasteiger partial charge is 0.477 e. The van der Waals surface area contributed by atoms with Crippen LogP contribution in [0, 0.1) is 5.41 Å². The Morgan fingerprint density at radius 1 is 1.82 bits per heavy atom. The Kier molecular flexibility index (Phi) is 2.25. The van der Waals surface area contributed by atoms with E-state index in [9.17, 15) is 0 Å². The Morgan fingerprint density at radius 3 is 3.00 bits per heavy atom. The zero-order chi connectivity index (χ0) is 8.27. The molecule has 0 bridgehead atoms. The summed E-state index contributed by atoms with van der Waals surface area (Å²) in [6, 6.07) is 0. The van der Waals surface area contributed by atoms with Crippen LogP contribution in [-0.2, 0) is 11.8 Å². The highest BCUT2D eigenvalue weighted by Gasteiger charge is 2.04. The van der Waals surface area contributed by atoms with Gasteiger partial charge in [0.25, 0.3) is 0 Å². The molecule has 0 spiro atoms. The first kappa shape index (κ1) is 7.78. The maximum atomic E-state index is 7.40.